The maximum Gasteiger partial charge on any atom is 0.232 e. The summed E-state index contributed by atoms with van der Waals surface area (Å²) in [4.78, 5) is 19.6. The van der Waals surface area contributed by atoms with Crippen LogP contribution in [-0.4, -0.2) is 30.1 Å². The quantitative estimate of drug-likeness (QED) is 0.701. The zero-order valence-corrected chi connectivity index (χ0v) is 16.6. The van der Waals surface area contributed by atoms with E-state index in [4.69, 9.17) is 9.72 Å². The predicted molar refractivity (Wildman–Crippen MR) is 104 cm³/mol. The van der Waals surface area contributed by atoms with E-state index in [0.717, 1.165) is 46.7 Å². The highest BCUT2D eigenvalue weighted by Crippen LogP contribution is 2.41. The third kappa shape index (κ3) is 3.81. The molecule has 1 aromatic carbocycles. The Morgan fingerprint density at radius 3 is 2.80 bits per heavy atom. The number of halogens is 1. The Kier molecular flexibility index (Phi) is 4.93. The Bertz CT molecular complexity index is 755. The first kappa shape index (κ1) is 17.2. The molecule has 2 aliphatic rings. The molecule has 132 valence electrons. The van der Waals surface area contributed by atoms with E-state index in [2.05, 4.69) is 22.9 Å². The van der Waals surface area contributed by atoms with Crippen LogP contribution in [0.25, 0.3) is 11.3 Å². The number of carbonyl (C=O) groups is 1. The van der Waals surface area contributed by atoms with Crippen molar-refractivity contribution in [3.63, 3.8) is 0 Å². The lowest BCUT2D eigenvalue weighted by atomic mass is 10.2. The molecule has 2 aromatic rings. The molecule has 6 heteroatoms. The molecule has 1 aliphatic heterocycles. The summed E-state index contributed by atoms with van der Waals surface area (Å²) in [7, 11) is 0. The smallest absolute Gasteiger partial charge is 0.232 e. The minimum absolute atomic E-state index is 0.137. The first-order valence-corrected chi connectivity index (χ1v) is 10.4. The molecule has 0 radical (unpaired) electrons. The molecule has 1 aromatic heterocycles. The predicted octanol–water partition coefficient (Wildman–Crippen LogP) is 4.74. The van der Waals surface area contributed by atoms with Crippen molar-refractivity contribution < 1.29 is 9.53 Å². The molecule has 1 saturated heterocycles. The Morgan fingerprint density at radius 2 is 2.16 bits per heavy atom. The Labute approximate surface area is 160 Å². The largest absolute Gasteiger partial charge is 0.376 e. The van der Waals surface area contributed by atoms with Crippen molar-refractivity contribution in [2.45, 2.75) is 32.3 Å². The third-order valence-corrected chi connectivity index (χ3v) is 6.36. The number of benzene rings is 1. The summed E-state index contributed by atoms with van der Waals surface area (Å²) in [5, 5.41) is 2.82. The number of amides is 1. The van der Waals surface area contributed by atoms with Gasteiger partial charge in [0.15, 0.2) is 5.13 Å². The summed E-state index contributed by atoms with van der Waals surface area (Å²) in [6.07, 6.45) is 3.23. The van der Waals surface area contributed by atoms with Crippen LogP contribution in [0.2, 0.25) is 0 Å². The Balaban J connectivity index is 1.57. The van der Waals surface area contributed by atoms with Gasteiger partial charge in [0.05, 0.1) is 18.3 Å². The van der Waals surface area contributed by atoms with Crippen molar-refractivity contribution in [3.8, 4) is 11.3 Å². The van der Waals surface area contributed by atoms with E-state index in [1.807, 2.05) is 34.5 Å². The van der Waals surface area contributed by atoms with Gasteiger partial charge in [-0.1, -0.05) is 35.0 Å². The van der Waals surface area contributed by atoms with Crippen molar-refractivity contribution in [1.29, 1.82) is 0 Å². The molecule has 1 aliphatic carbocycles. The number of aromatic nitrogens is 1. The maximum atomic E-state index is 12.9. The second-order valence-corrected chi connectivity index (χ2v) is 8.68. The molecule has 0 spiro atoms. The van der Waals surface area contributed by atoms with Gasteiger partial charge >= 0.3 is 0 Å². The van der Waals surface area contributed by atoms with Crippen LogP contribution >= 0.6 is 27.3 Å². The Morgan fingerprint density at radius 1 is 1.40 bits per heavy atom. The highest BCUT2D eigenvalue weighted by Gasteiger charge is 2.43. The van der Waals surface area contributed by atoms with E-state index >= 15 is 0 Å². The van der Waals surface area contributed by atoms with Crippen LogP contribution in [0.5, 0.6) is 0 Å². The normalized spacial score (nSPS) is 25.1. The molecular formula is C19H21BrN2O2S. The summed E-state index contributed by atoms with van der Waals surface area (Å²) in [5.41, 5.74) is 1.98. The monoisotopic (exact) mass is 420 g/mol. The number of hydrogen-bond acceptors (Lipinski definition) is 4. The summed E-state index contributed by atoms with van der Waals surface area (Å²) < 4.78 is 6.81. The van der Waals surface area contributed by atoms with E-state index in [1.165, 1.54) is 0 Å². The molecule has 2 heterocycles. The lowest BCUT2D eigenvalue weighted by Gasteiger charge is -2.23. The van der Waals surface area contributed by atoms with Crippen molar-refractivity contribution in [2.75, 3.05) is 18.1 Å². The molecular weight excluding hydrogens is 400 g/mol. The molecule has 2 fully saturated rings. The first-order valence-electron chi connectivity index (χ1n) is 8.76. The SMILES string of the molecule is CC1CC1C(=O)N(CC1CCCO1)c1nc(-c2ccc(Br)cc2)cs1. The number of anilines is 1. The lowest BCUT2D eigenvalue weighted by Crippen LogP contribution is -2.38. The molecule has 4 nitrogen and oxygen atoms in total. The number of thiazole rings is 1. The minimum Gasteiger partial charge on any atom is -0.376 e. The van der Waals surface area contributed by atoms with Gasteiger partial charge in [-0.15, -0.1) is 11.3 Å². The molecule has 4 rings (SSSR count). The second kappa shape index (κ2) is 7.17. The summed E-state index contributed by atoms with van der Waals surface area (Å²) in [6.45, 7) is 3.56. The molecule has 3 atom stereocenters. The molecule has 3 unspecified atom stereocenters. The first-order chi connectivity index (χ1) is 12.1. The van der Waals surface area contributed by atoms with Gasteiger partial charge in [0.2, 0.25) is 5.91 Å². The molecule has 1 saturated carbocycles. The van der Waals surface area contributed by atoms with E-state index in [-0.39, 0.29) is 17.9 Å². The topological polar surface area (TPSA) is 42.4 Å². The van der Waals surface area contributed by atoms with Gasteiger partial charge in [0, 0.05) is 27.9 Å². The van der Waals surface area contributed by atoms with Gasteiger partial charge in [0.25, 0.3) is 0 Å². The van der Waals surface area contributed by atoms with Gasteiger partial charge in [-0.2, -0.15) is 0 Å². The van der Waals surface area contributed by atoms with Gasteiger partial charge in [0.1, 0.15) is 0 Å². The van der Waals surface area contributed by atoms with Crippen molar-refractivity contribution in [2.24, 2.45) is 11.8 Å². The number of ether oxygens (including phenoxy) is 1. The number of hydrogen-bond donors (Lipinski definition) is 0. The highest BCUT2D eigenvalue weighted by molar-refractivity contribution is 9.10. The van der Waals surface area contributed by atoms with Crippen LogP contribution < -0.4 is 4.90 Å². The van der Waals surface area contributed by atoms with E-state index in [1.54, 1.807) is 11.3 Å². The van der Waals surface area contributed by atoms with Crippen LogP contribution in [0.4, 0.5) is 5.13 Å². The van der Waals surface area contributed by atoms with Crippen LogP contribution in [-0.2, 0) is 9.53 Å². The standard InChI is InChI=1S/C19H21BrN2O2S/c1-12-9-16(12)18(23)22(10-15-3-2-8-24-15)19-21-17(11-25-19)13-4-6-14(20)7-5-13/h4-7,11-12,15-16H,2-3,8-10H2,1H3. The highest BCUT2D eigenvalue weighted by atomic mass is 79.9. The van der Waals surface area contributed by atoms with E-state index in [9.17, 15) is 4.79 Å². The fourth-order valence-corrected chi connectivity index (χ4v) is 4.38. The van der Waals surface area contributed by atoms with Gasteiger partial charge < -0.3 is 4.74 Å². The fraction of sp³-hybridized carbons (Fsp3) is 0.474. The minimum atomic E-state index is 0.137. The summed E-state index contributed by atoms with van der Waals surface area (Å²) in [5.74, 6) is 0.853. The second-order valence-electron chi connectivity index (χ2n) is 6.93. The third-order valence-electron chi connectivity index (χ3n) is 4.97. The lowest BCUT2D eigenvalue weighted by molar-refractivity contribution is -0.120. The molecule has 1 amide bonds. The number of carbonyl (C=O) groups excluding carboxylic acids is 1. The van der Waals surface area contributed by atoms with Crippen molar-refractivity contribution in [3.05, 3.63) is 34.1 Å². The van der Waals surface area contributed by atoms with Crippen LogP contribution in [0.3, 0.4) is 0 Å². The van der Waals surface area contributed by atoms with Crippen molar-refractivity contribution in [1.82, 2.24) is 4.98 Å². The fourth-order valence-electron chi connectivity index (χ4n) is 3.26. The zero-order chi connectivity index (χ0) is 17.4. The van der Waals surface area contributed by atoms with Crippen molar-refractivity contribution >= 4 is 38.3 Å². The number of rotatable bonds is 5. The molecule has 0 bridgehead atoms. The Hall–Kier alpha value is -1.24. The van der Waals surface area contributed by atoms with Gasteiger partial charge in [-0.25, -0.2) is 4.98 Å². The molecule has 25 heavy (non-hydrogen) atoms. The number of nitrogens with zero attached hydrogens (tertiary/aromatic N) is 2. The molecule has 0 N–H and O–H groups in total. The summed E-state index contributed by atoms with van der Waals surface area (Å²) in [6, 6.07) is 8.10. The van der Waals surface area contributed by atoms with Crippen LogP contribution in [0.15, 0.2) is 34.1 Å². The van der Waals surface area contributed by atoms with Gasteiger partial charge in [-0.05, 0) is 37.3 Å². The van der Waals surface area contributed by atoms with Crippen LogP contribution in [0, 0.1) is 11.8 Å². The average molecular weight is 421 g/mol. The zero-order valence-electron chi connectivity index (χ0n) is 14.2. The van der Waals surface area contributed by atoms with Crippen LogP contribution in [0.1, 0.15) is 26.2 Å². The average Bonchev–Trinajstić information content (AvgIpc) is 3.03. The summed E-state index contributed by atoms with van der Waals surface area (Å²) >= 11 is 5.00. The van der Waals surface area contributed by atoms with Gasteiger partial charge in [-0.3, -0.25) is 9.69 Å². The maximum absolute atomic E-state index is 12.9. The van der Waals surface area contributed by atoms with E-state index < -0.39 is 0 Å². The van der Waals surface area contributed by atoms with E-state index in [0.29, 0.717) is 12.5 Å².